The molecule has 3 aliphatic rings. The van der Waals surface area contributed by atoms with Gasteiger partial charge in [-0.15, -0.1) is 14.4 Å². The summed E-state index contributed by atoms with van der Waals surface area (Å²) in [5.74, 6) is -1.65. The van der Waals surface area contributed by atoms with Crippen molar-refractivity contribution in [1.29, 1.82) is 0 Å². The number of rotatable bonds is 31. The molecule has 12 heterocycles. The number of likely N-dealkylation sites (N-methyl/N-ethyl adjacent to an activating group) is 3. The molecule has 7 atom stereocenters. The van der Waals surface area contributed by atoms with Gasteiger partial charge in [-0.3, -0.25) is 42.5 Å². The maximum atomic E-state index is 14.5. The van der Waals surface area contributed by atoms with Gasteiger partial charge in [-0.2, -0.15) is 30.6 Å². The number of aldehydes is 1. The van der Waals surface area contributed by atoms with Crippen LogP contribution in [0.4, 0.5) is 13.2 Å². The lowest BCUT2D eigenvalue weighted by molar-refractivity contribution is -0.130. The lowest BCUT2D eigenvalue weighted by atomic mass is 10.1. The van der Waals surface area contributed by atoms with Gasteiger partial charge in [-0.1, -0.05) is 34.0 Å². The van der Waals surface area contributed by atoms with Crippen LogP contribution in [0.3, 0.4) is 0 Å². The number of thiophene rings is 3. The minimum Gasteiger partial charge on any atom is -0.496 e. The van der Waals surface area contributed by atoms with Crippen LogP contribution in [0.25, 0.3) is 45.7 Å². The van der Waals surface area contributed by atoms with Crippen LogP contribution in [0, 0.1) is 38.2 Å². The summed E-state index contributed by atoms with van der Waals surface area (Å²) in [6.07, 6.45) is 7.17. The van der Waals surface area contributed by atoms with Crippen LogP contribution >= 0.6 is 34.0 Å². The van der Waals surface area contributed by atoms with E-state index in [1.165, 1.54) is 156 Å². The summed E-state index contributed by atoms with van der Waals surface area (Å²) in [5.41, 5.74) is -1.24. The van der Waals surface area contributed by atoms with Gasteiger partial charge in [0.2, 0.25) is 17.7 Å². The van der Waals surface area contributed by atoms with E-state index < -0.39 is 100 Å². The zero-order chi connectivity index (χ0) is 87.2. The molecule has 3 amide bonds. The standard InChI is InChI=1S/C27H31FN6O7S.C26H29FN6O6S.C26H27FN6O6S/c1-15-22-24(38)33(19-6-10-31(2)23(19)37)27(39)32(26(22)42-25(15)34-29-8-9-30-34)13-21(41-11-7-17(36)14-35)18-12-16(28)4-5-20(18)40-3;2*1-15-21-23(36)32(18-7-10-30(2)22(18)35)26(37)31(25(21)40-24(15)33-28-8-9-29-33)14-20(39-12-4-11-34)17-13-16(27)5-6-19(17)38-3/h4-5,8-9,12,17,19,21,35-36H,6-7,10-11,13-14H2,1-3H3;5-6,8-9,13,18,20,34H,4,7,10-12,14H2,1-3H3;5-6,8-9,11,13,18,20H,4,7,10,12,14H2,1-3H3/t17?,19-,21+;2*18-,20+/m111/s1. The molecule has 3 N–H and O–H groups in total. The molecule has 646 valence electrons. The zero-order valence-electron chi connectivity index (χ0n) is 67.6. The quantitative estimate of drug-likeness (QED) is 0.0381. The number of likely N-dealkylation sites (tertiary alicyclic amines) is 3. The molecule has 3 aliphatic heterocycles. The number of nitrogens with zero attached hydrogens (tertiary/aromatic N) is 18. The van der Waals surface area contributed by atoms with Gasteiger partial charge in [-0.25, -0.2) is 41.3 Å². The number of halogens is 3. The smallest absolute Gasteiger partial charge is 0.332 e. The first-order valence-corrected chi connectivity index (χ1v) is 41.0. The molecule has 122 heavy (non-hydrogen) atoms. The number of amides is 3. The molecular weight excluding hydrogens is 1660 g/mol. The summed E-state index contributed by atoms with van der Waals surface area (Å²) in [6, 6.07) is 8.92. The number of carbonyl (C=O) groups is 4. The number of hydrogen-bond donors (Lipinski definition) is 3. The number of fused-ring (bicyclic) bond motifs is 3. The van der Waals surface area contributed by atoms with E-state index in [2.05, 4.69) is 30.6 Å². The molecule has 3 aromatic carbocycles. The monoisotopic (exact) mass is 1740 g/mol. The van der Waals surface area contributed by atoms with Crippen LogP contribution in [0.1, 0.15) is 108 Å². The normalized spacial score (nSPS) is 16.4. The van der Waals surface area contributed by atoms with Crippen LogP contribution in [0.2, 0.25) is 0 Å². The number of hydrogen-bond acceptors (Lipinski definition) is 28. The average Bonchev–Trinajstić information content (AvgIpc) is 1.57. The lowest BCUT2D eigenvalue weighted by Crippen LogP contribution is -2.44. The second kappa shape index (κ2) is 38.0. The van der Waals surface area contributed by atoms with E-state index in [-0.39, 0.29) is 99.2 Å². The van der Waals surface area contributed by atoms with Crippen LogP contribution < -0.4 is 48.0 Å². The Hall–Kier alpha value is -12.0. The Bertz CT molecular complexity index is 6260. The Balaban J connectivity index is 0.000000158. The van der Waals surface area contributed by atoms with Gasteiger partial charge in [-0.05, 0) is 107 Å². The van der Waals surface area contributed by atoms with E-state index in [4.69, 9.17) is 28.4 Å². The van der Waals surface area contributed by atoms with E-state index in [0.717, 1.165) is 47.7 Å². The summed E-state index contributed by atoms with van der Waals surface area (Å²) in [5, 5.41) is 55.9. The highest BCUT2D eigenvalue weighted by atomic mass is 32.1. The van der Waals surface area contributed by atoms with Gasteiger partial charge in [0.05, 0.1) is 120 Å². The summed E-state index contributed by atoms with van der Waals surface area (Å²) in [7, 11) is 9.15. The number of aryl methyl sites for hydroxylation is 3. The molecule has 37 nitrogen and oxygen atoms in total. The molecule has 0 bridgehead atoms. The topological polar surface area (TPSA) is 418 Å². The number of carbonyl (C=O) groups excluding carboxylic acids is 4. The lowest BCUT2D eigenvalue weighted by Gasteiger charge is -2.23. The summed E-state index contributed by atoms with van der Waals surface area (Å²) in [6.45, 7) is 5.42. The predicted molar refractivity (Wildman–Crippen MR) is 439 cm³/mol. The fourth-order valence-corrected chi connectivity index (χ4v) is 18.8. The number of aromatic nitrogens is 15. The van der Waals surface area contributed by atoms with Crippen LogP contribution in [-0.4, -0.2) is 228 Å². The van der Waals surface area contributed by atoms with Gasteiger partial charge in [0.15, 0.2) is 0 Å². The largest absolute Gasteiger partial charge is 0.496 e. The molecular formula is C79H87F3N18O19S3. The Morgan fingerprint density at radius 1 is 0.467 bits per heavy atom. The van der Waals surface area contributed by atoms with Gasteiger partial charge in [0, 0.05) is 93.8 Å². The minimum absolute atomic E-state index is 0.00317. The van der Waals surface area contributed by atoms with Crippen molar-refractivity contribution in [3.8, 4) is 32.3 Å². The molecule has 0 saturated carbocycles. The SMILES string of the molecule is COc1ccc(F)cc1[C@H](Cn1c(=O)n([C@@H]2CCN(C)C2=O)c(=O)c2c(C)c(-n3nccn3)sc21)OCCC(O)CO.COc1ccc(F)cc1[C@H](Cn1c(=O)n([C@@H]2CCN(C)C2=O)c(=O)c2c(C)c(-n3nccn3)sc21)OCCC=O.COc1ccc(F)cc1[C@H](Cn1c(=O)n([C@@H]2CCN(C)C2=O)c(=O)c2c(C)c(-n3nccn3)sc21)OCCCO. The second-order valence-corrected chi connectivity index (χ2v) is 31.8. The van der Waals surface area contributed by atoms with Gasteiger partial charge in [0.25, 0.3) is 16.7 Å². The molecule has 3 fully saturated rings. The van der Waals surface area contributed by atoms with Crippen molar-refractivity contribution in [2.45, 2.75) is 121 Å². The maximum absolute atomic E-state index is 14.5. The van der Waals surface area contributed by atoms with Crippen molar-refractivity contribution in [3.63, 3.8) is 0 Å². The van der Waals surface area contributed by atoms with Crippen LogP contribution in [0.5, 0.6) is 17.2 Å². The second-order valence-electron chi connectivity index (χ2n) is 28.9. The number of ether oxygens (including phenoxy) is 6. The van der Waals surface area contributed by atoms with Crippen molar-refractivity contribution >= 4 is 88.7 Å². The predicted octanol–water partition coefficient (Wildman–Crippen LogP) is 4.98. The van der Waals surface area contributed by atoms with Crippen molar-refractivity contribution in [3.05, 3.63) is 205 Å². The van der Waals surface area contributed by atoms with E-state index in [1.54, 1.807) is 41.9 Å². The molecule has 3 saturated heterocycles. The number of methoxy groups -OCH3 is 3. The van der Waals surface area contributed by atoms with Crippen molar-refractivity contribution in [1.82, 2.24) is 87.1 Å². The Labute approximate surface area is 702 Å². The highest BCUT2D eigenvalue weighted by Crippen LogP contribution is 2.40. The van der Waals surface area contributed by atoms with E-state index in [9.17, 15) is 76.4 Å². The highest BCUT2D eigenvalue weighted by molar-refractivity contribution is 7.22. The summed E-state index contributed by atoms with van der Waals surface area (Å²) in [4.78, 5) is 143. The Morgan fingerprint density at radius 3 is 1.04 bits per heavy atom. The van der Waals surface area contributed by atoms with Gasteiger partial charge >= 0.3 is 17.1 Å². The first-order chi connectivity index (χ1) is 58.7. The number of aliphatic hydroxyl groups excluding tert-OH is 3. The molecule has 0 radical (unpaired) electrons. The highest BCUT2D eigenvalue weighted by Gasteiger charge is 2.40. The molecule has 12 aromatic rings. The fourth-order valence-electron chi connectivity index (χ4n) is 15.1. The van der Waals surface area contributed by atoms with E-state index in [0.29, 0.717) is 125 Å². The Kier molecular flexibility index (Phi) is 27.3. The van der Waals surface area contributed by atoms with Crippen molar-refractivity contribution in [2.75, 3.05) is 95.1 Å². The zero-order valence-corrected chi connectivity index (χ0v) is 70.0. The van der Waals surface area contributed by atoms with Crippen LogP contribution in [0.15, 0.2) is 121 Å². The van der Waals surface area contributed by atoms with Crippen molar-refractivity contribution < 1.29 is 76.1 Å². The van der Waals surface area contributed by atoms with Gasteiger partial charge < -0.3 is 63.2 Å². The Morgan fingerprint density at radius 2 is 0.770 bits per heavy atom. The third-order valence-corrected chi connectivity index (χ3v) is 25.2. The molecule has 15 rings (SSSR count). The van der Waals surface area contributed by atoms with Crippen molar-refractivity contribution in [2.24, 2.45) is 0 Å². The van der Waals surface area contributed by atoms with E-state index in [1.807, 2.05) is 0 Å². The third-order valence-electron chi connectivity index (χ3n) is 21.4. The summed E-state index contributed by atoms with van der Waals surface area (Å²) < 4.78 is 84.9. The van der Waals surface area contributed by atoms with E-state index >= 15 is 0 Å². The fraction of sp³-hybridized carbons (Fsp3) is 0.418. The third kappa shape index (κ3) is 17.4. The molecule has 0 spiro atoms. The molecule has 0 aliphatic carbocycles. The average molecular weight is 1750 g/mol. The number of benzene rings is 3. The molecule has 43 heteroatoms. The van der Waals surface area contributed by atoms with Crippen LogP contribution in [-0.2, 0) is 53.0 Å². The first kappa shape index (κ1) is 87.8. The first-order valence-electron chi connectivity index (χ1n) is 38.6. The molecule has 9 aromatic heterocycles. The number of aliphatic hydroxyl groups is 3. The minimum atomic E-state index is -1.04. The summed E-state index contributed by atoms with van der Waals surface area (Å²) >= 11 is 3.43. The molecule has 1 unspecified atom stereocenters. The van der Waals surface area contributed by atoms with Gasteiger partial charge in [0.1, 0.15) is 107 Å². The maximum Gasteiger partial charge on any atom is 0.332 e.